The molecule has 102 valence electrons. The number of ether oxygens (including phenoxy) is 1. The van der Waals surface area contributed by atoms with Crippen molar-refractivity contribution in [1.29, 1.82) is 0 Å². The fourth-order valence-corrected chi connectivity index (χ4v) is 2.28. The molecule has 0 aliphatic rings. The minimum atomic E-state index is -4.31. The molecule has 0 radical (unpaired) electrons. The van der Waals surface area contributed by atoms with Gasteiger partial charge in [0, 0.05) is 5.88 Å². The molecule has 0 aliphatic carbocycles. The lowest BCUT2D eigenvalue weighted by Gasteiger charge is -2.13. The Hall–Kier alpha value is -0.550. The van der Waals surface area contributed by atoms with E-state index in [0.717, 1.165) is 12.0 Å². The van der Waals surface area contributed by atoms with Crippen LogP contribution in [0.1, 0.15) is 18.9 Å². The van der Waals surface area contributed by atoms with Crippen molar-refractivity contribution in [3.05, 3.63) is 23.8 Å². The summed E-state index contributed by atoms with van der Waals surface area (Å²) in [5, 5.41) is 0. The molecule has 0 unspecified atom stereocenters. The third-order valence-electron chi connectivity index (χ3n) is 2.13. The van der Waals surface area contributed by atoms with Crippen LogP contribution in [0.5, 0.6) is 5.75 Å². The molecule has 0 aromatic heterocycles. The number of benzene rings is 1. The SMILES string of the molecule is CCOc1ccc(CCCCl)cc1SC(F)(F)F. The lowest BCUT2D eigenvalue weighted by molar-refractivity contribution is -0.0329. The highest BCUT2D eigenvalue weighted by atomic mass is 35.5. The van der Waals surface area contributed by atoms with Crippen LogP contribution in [-0.2, 0) is 6.42 Å². The number of rotatable bonds is 6. The molecule has 0 aliphatic heterocycles. The average Bonchev–Trinajstić information content (AvgIpc) is 2.27. The molecule has 0 heterocycles. The molecule has 18 heavy (non-hydrogen) atoms. The van der Waals surface area contributed by atoms with Crippen molar-refractivity contribution in [3.8, 4) is 5.75 Å². The molecule has 0 saturated heterocycles. The van der Waals surface area contributed by atoms with Crippen molar-refractivity contribution < 1.29 is 17.9 Å². The standard InChI is InChI=1S/C12H14ClF3OS/c1-2-17-10-6-5-9(4-3-7-13)8-11(10)18-12(14,15)16/h5-6,8H,2-4,7H2,1H3. The molecular formula is C12H14ClF3OS. The molecule has 1 aromatic rings. The number of hydrogen-bond acceptors (Lipinski definition) is 2. The number of thioether (sulfide) groups is 1. The fourth-order valence-electron chi connectivity index (χ4n) is 1.46. The average molecular weight is 299 g/mol. The third-order valence-corrected chi connectivity index (χ3v) is 3.17. The predicted octanol–water partition coefficient (Wildman–Crippen LogP) is 4.87. The molecule has 0 atom stereocenters. The molecule has 0 saturated carbocycles. The van der Waals surface area contributed by atoms with E-state index in [4.69, 9.17) is 16.3 Å². The first kappa shape index (κ1) is 15.5. The Morgan fingerprint density at radius 1 is 1.33 bits per heavy atom. The van der Waals surface area contributed by atoms with E-state index < -0.39 is 5.51 Å². The summed E-state index contributed by atoms with van der Waals surface area (Å²) in [6.45, 7) is 2.08. The second kappa shape index (κ2) is 7.14. The minimum absolute atomic E-state index is 0.108. The van der Waals surface area contributed by atoms with Crippen molar-refractivity contribution in [1.82, 2.24) is 0 Å². The first-order valence-corrected chi connectivity index (χ1v) is 6.88. The number of hydrogen-bond donors (Lipinski definition) is 0. The Bertz CT molecular complexity index is 382. The van der Waals surface area contributed by atoms with Gasteiger partial charge in [0.2, 0.25) is 0 Å². The molecule has 6 heteroatoms. The van der Waals surface area contributed by atoms with Crippen LogP contribution in [0, 0.1) is 0 Å². The van der Waals surface area contributed by atoms with Crippen LogP contribution >= 0.6 is 23.4 Å². The first-order valence-electron chi connectivity index (χ1n) is 5.53. The van der Waals surface area contributed by atoms with Gasteiger partial charge in [-0.3, -0.25) is 0 Å². The van der Waals surface area contributed by atoms with E-state index in [-0.39, 0.29) is 22.4 Å². The molecule has 1 nitrogen and oxygen atoms in total. The van der Waals surface area contributed by atoms with Gasteiger partial charge in [0.05, 0.1) is 11.5 Å². The predicted molar refractivity (Wildman–Crippen MR) is 68.6 cm³/mol. The van der Waals surface area contributed by atoms with Crippen LogP contribution in [0.2, 0.25) is 0 Å². The zero-order chi connectivity index (χ0) is 13.6. The van der Waals surface area contributed by atoms with Crippen LogP contribution in [0.4, 0.5) is 13.2 Å². The Kier molecular flexibility index (Phi) is 6.15. The van der Waals surface area contributed by atoms with Crippen molar-refractivity contribution in [3.63, 3.8) is 0 Å². The highest BCUT2D eigenvalue weighted by Gasteiger charge is 2.30. The Morgan fingerprint density at radius 2 is 2.06 bits per heavy atom. The Balaban J connectivity index is 2.92. The number of alkyl halides is 4. The topological polar surface area (TPSA) is 9.23 Å². The maximum absolute atomic E-state index is 12.4. The van der Waals surface area contributed by atoms with Crippen molar-refractivity contribution >= 4 is 23.4 Å². The minimum Gasteiger partial charge on any atom is -0.493 e. The van der Waals surface area contributed by atoms with E-state index in [1.165, 1.54) is 6.07 Å². The van der Waals surface area contributed by atoms with Crippen molar-refractivity contribution in [2.75, 3.05) is 12.5 Å². The number of halogens is 4. The molecule has 0 fully saturated rings. The maximum Gasteiger partial charge on any atom is 0.446 e. The summed E-state index contributed by atoms with van der Waals surface area (Å²) in [6.07, 6.45) is 1.41. The van der Waals surface area contributed by atoms with Crippen LogP contribution < -0.4 is 4.74 Å². The first-order chi connectivity index (χ1) is 8.46. The van der Waals surface area contributed by atoms with Gasteiger partial charge in [-0.05, 0) is 49.2 Å². The van der Waals surface area contributed by atoms with Crippen molar-refractivity contribution in [2.45, 2.75) is 30.2 Å². The van der Waals surface area contributed by atoms with Gasteiger partial charge in [-0.25, -0.2) is 0 Å². The largest absolute Gasteiger partial charge is 0.493 e. The van der Waals surface area contributed by atoms with E-state index in [0.29, 0.717) is 18.9 Å². The summed E-state index contributed by atoms with van der Waals surface area (Å²) in [4.78, 5) is 0.108. The van der Waals surface area contributed by atoms with Gasteiger partial charge < -0.3 is 4.74 Å². The third kappa shape index (κ3) is 5.40. The van der Waals surface area contributed by atoms with Crippen LogP contribution in [0.25, 0.3) is 0 Å². The molecule has 0 N–H and O–H groups in total. The van der Waals surface area contributed by atoms with Gasteiger partial charge in [-0.15, -0.1) is 11.6 Å². The normalized spacial score (nSPS) is 11.6. The zero-order valence-corrected chi connectivity index (χ0v) is 11.5. The second-order valence-corrected chi connectivity index (χ2v) is 5.04. The van der Waals surface area contributed by atoms with E-state index in [9.17, 15) is 13.2 Å². The smallest absolute Gasteiger partial charge is 0.446 e. The van der Waals surface area contributed by atoms with E-state index in [2.05, 4.69) is 0 Å². The zero-order valence-electron chi connectivity index (χ0n) is 9.89. The molecule has 0 bridgehead atoms. The summed E-state index contributed by atoms with van der Waals surface area (Å²) < 4.78 is 42.5. The lowest BCUT2D eigenvalue weighted by Crippen LogP contribution is -2.02. The molecule has 1 rings (SSSR count). The summed E-state index contributed by atoms with van der Waals surface area (Å²) in [5.41, 5.74) is -3.47. The molecule has 0 amide bonds. The van der Waals surface area contributed by atoms with E-state index >= 15 is 0 Å². The summed E-state index contributed by atoms with van der Waals surface area (Å²) >= 11 is 5.43. The van der Waals surface area contributed by atoms with Gasteiger partial charge >= 0.3 is 5.51 Å². The lowest BCUT2D eigenvalue weighted by atomic mass is 10.1. The van der Waals surface area contributed by atoms with Crippen LogP contribution in [0.3, 0.4) is 0 Å². The van der Waals surface area contributed by atoms with Gasteiger partial charge in [-0.1, -0.05) is 6.07 Å². The van der Waals surface area contributed by atoms with Gasteiger partial charge in [0.25, 0.3) is 0 Å². The Morgan fingerprint density at radius 3 is 2.61 bits per heavy atom. The highest BCUT2D eigenvalue weighted by molar-refractivity contribution is 8.00. The van der Waals surface area contributed by atoms with Crippen LogP contribution in [-0.4, -0.2) is 18.0 Å². The van der Waals surface area contributed by atoms with E-state index in [1.807, 2.05) is 0 Å². The monoisotopic (exact) mass is 298 g/mol. The Labute approximate surface area is 114 Å². The molecule has 0 spiro atoms. The van der Waals surface area contributed by atoms with Crippen molar-refractivity contribution in [2.24, 2.45) is 0 Å². The number of aryl methyl sites for hydroxylation is 1. The summed E-state index contributed by atoms with van der Waals surface area (Å²) in [6, 6.07) is 4.88. The van der Waals surface area contributed by atoms with Crippen LogP contribution in [0.15, 0.2) is 23.1 Å². The second-order valence-electron chi connectivity index (χ2n) is 3.55. The fraction of sp³-hybridized carbons (Fsp3) is 0.500. The van der Waals surface area contributed by atoms with Gasteiger partial charge in [0.1, 0.15) is 5.75 Å². The summed E-state index contributed by atoms with van der Waals surface area (Å²) in [7, 11) is 0. The molecule has 1 aromatic carbocycles. The summed E-state index contributed by atoms with van der Waals surface area (Å²) in [5.74, 6) is 0.768. The van der Waals surface area contributed by atoms with E-state index in [1.54, 1.807) is 19.1 Å². The maximum atomic E-state index is 12.4. The van der Waals surface area contributed by atoms with Gasteiger partial charge in [0.15, 0.2) is 0 Å². The molecular weight excluding hydrogens is 285 g/mol. The van der Waals surface area contributed by atoms with Gasteiger partial charge in [-0.2, -0.15) is 13.2 Å². The quantitative estimate of drug-likeness (QED) is 0.547. The highest BCUT2D eigenvalue weighted by Crippen LogP contribution is 2.41.